The zero-order valence-corrected chi connectivity index (χ0v) is 12.2. The summed E-state index contributed by atoms with van der Waals surface area (Å²) in [6.07, 6.45) is 2.54. The molecule has 0 aliphatic rings. The summed E-state index contributed by atoms with van der Waals surface area (Å²) in [7, 11) is 0. The molecule has 1 unspecified atom stereocenters. The van der Waals surface area contributed by atoms with Gasteiger partial charge in [0.2, 0.25) is 0 Å². The number of aliphatic carboxylic acids is 1. The molecule has 0 aliphatic carbocycles. The summed E-state index contributed by atoms with van der Waals surface area (Å²) in [4.78, 5) is 21.3. The minimum Gasteiger partial charge on any atom is -0.478 e. The SMILES string of the molecule is CC(=O)C(Br)c1cc(/C=C/C(=O)O)ccc1Br. The summed E-state index contributed by atoms with van der Waals surface area (Å²) in [5.74, 6) is -1.01. The highest BCUT2D eigenvalue weighted by Crippen LogP contribution is 2.31. The number of carboxylic acids is 1. The predicted molar refractivity (Wildman–Crippen MR) is 73.2 cm³/mol. The van der Waals surface area contributed by atoms with E-state index < -0.39 is 10.8 Å². The first-order valence-electron chi connectivity index (χ1n) is 4.77. The predicted octanol–water partition coefficient (Wildman–Crippen LogP) is 3.57. The van der Waals surface area contributed by atoms with E-state index >= 15 is 0 Å². The van der Waals surface area contributed by atoms with E-state index in [-0.39, 0.29) is 5.78 Å². The van der Waals surface area contributed by atoms with Gasteiger partial charge in [-0.3, -0.25) is 4.79 Å². The highest BCUT2D eigenvalue weighted by Gasteiger charge is 2.15. The Balaban J connectivity index is 3.10. The van der Waals surface area contributed by atoms with Crippen LogP contribution in [0.25, 0.3) is 6.08 Å². The molecular weight excluding hydrogens is 352 g/mol. The molecule has 0 radical (unpaired) electrons. The number of carbonyl (C=O) groups excluding carboxylic acids is 1. The first-order valence-corrected chi connectivity index (χ1v) is 6.47. The van der Waals surface area contributed by atoms with Gasteiger partial charge in [0.1, 0.15) is 5.78 Å². The summed E-state index contributed by atoms with van der Waals surface area (Å²) in [5, 5.41) is 8.54. The van der Waals surface area contributed by atoms with E-state index in [0.29, 0.717) is 0 Å². The minimum absolute atomic E-state index is 0.00920. The van der Waals surface area contributed by atoms with Crippen molar-refractivity contribution in [3.8, 4) is 0 Å². The molecule has 1 aromatic carbocycles. The number of carboxylic acid groups (broad SMARTS) is 1. The molecule has 0 saturated carbocycles. The lowest BCUT2D eigenvalue weighted by molar-refractivity contribution is -0.131. The maximum Gasteiger partial charge on any atom is 0.328 e. The van der Waals surface area contributed by atoms with E-state index in [9.17, 15) is 9.59 Å². The van der Waals surface area contributed by atoms with Crippen LogP contribution in [-0.2, 0) is 9.59 Å². The molecule has 1 atom stereocenters. The average molecular weight is 362 g/mol. The molecule has 5 heteroatoms. The molecule has 0 fully saturated rings. The quantitative estimate of drug-likeness (QED) is 0.658. The Bertz CT molecular complexity index is 481. The smallest absolute Gasteiger partial charge is 0.328 e. The van der Waals surface area contributed by atoms with E-state index in [0.717, 1.165) is 21.7 Å². The van der Waals surface area contributed by atoms with Crippen molar-refractivity contribution in [1.82, 2.24) is 0 Å². The number of halogens is 2. The third-order valence-corrected chi connectivity index (χ3v) is 3.93. The van der Waals surface area contributed by atoms with Crippen LogP contribution in [0.1, 0.15) is 22.9 Å². The van der Waals surface area contributed by atoms with Crippen molar-refractivity contribution < 1.29 is 14.7 Å². The first kappa shape index (κ1) is 14.1. The van der Waals surface area contributed by atoms with Crippen molar-refractivity contribution in [2.75, 3.05) is 0 Å². The number of ketones is 1. The van der Waals surface area contributed by atoms with Crippen LogP contribution < -0.4 is 0 Å². The largest absolute Gasteiger partial charge is 0.478 e. The average Bonchev–Trinajstić information content (AvgIpc) is 2.26. The fourth-order valence-corrected chi connectivity index (χ4v) is 2.41. The number of Topliss-reactive ketones (excluding diaryl/α,β-unsaturated/α-hetero) is 1. The van der Waals surface area contributed by atoms with Gasteiger partial charge >= 0.3 is 5.97 Å². The van der Waals surface area contributed by atoms with Crippen molar-refractivity contribution in [3.63, 3.8) is 0 Å². The van der Waals surface area contributed by atoms with E-state index in [1.165, 1.54) is 13.0 Å². The van der Waals surface area contributed by atoms with Crippen LogP contribution in [0.4, 0.5) is 0 Å². The Kier molecular flexibility index (Phi) is 5.08. The number of hydrogen-bond donors (Lipinski definition) is 1. The topological polar surface area (TPSA) is 54.4 Å². The van der Waals surface area contributed by atoms with Gasteiger partial charge in [-0.1, -0.05) is 37.9 Å². The molecular formula is C12H10Br2O3. The summed E-state index contributed by atoms with van der Waals surface area (Å²) >= 11 is 6.65. The lowest BCUT2D eigenvalue weighted by atomic mass is 10.1. The van der Waals surface area contributed by atoms with Crippen LogP contribution in [-0.4, -0.2) is 16.9 Å². The number of benzene rings is 1. The summed E-state index contributed by atoms with van der Waals surface area (Å²) in [5.41, 5.74) is 1.52. The van der Waals surface area contributed by atoms with Gasteiger partial charge in [-0.2, -0.15) is 0 Å². The summed E-state index contributed by atoms with van der Waals surface area (Å²) in [6.45, 7) is 1.49. The molecule has 1 rings (SSSR count). The summed E-state index contributed by atoms with van der Waals surface area (Å²) < 4.78 is 0.807. The number of alkyl halides is 1. The number of rotatable bonds is 4. The molecule has 0 aliphatic heterocycles. The molecule has 0 bridgehead atoms. The maximum absolute atomic E-state index is 11.3. The third kappa shape index (κ3) is 4.09. The van der Waals surface area contributed by atoms with Crippen LogP contribution in [0.5, 0.6) is 0 Å². The van der Waals surface area contributed by atoms with Crippen molar-refractivity contribution in [2.24, 2.45) is 0 Å². The normalized spacial score (nSPS) is 12.6. The first-order chi connectivity index (χ1) is 7.91. The van der Waals surface area contributed by atoms with Crippen LogP contribution in [0, 0.1) is 0 Å². The van der Waals surface area contributed by atoms with E-state index in [1.807, 2.05) is 0 Å². The van der Waals surface area contributed by atoms with Crippen LogP contribution >= 0.6 is 31.9 Å². The second kappa shape index (κ2) is 6.12. The monoisotopic (exact) mass is 360 g/mol. The van der Waals surface area contributed by atoms with Gasteiger partial charge in [-0.05, 0) is 36.3 Å². The number of hydrogen-bond acceptors (Lipinski definition) is 2. The molecule has 0 spiro atoms. The van der Waals surface area contributed by atoms with Crippen molar-refractivity contribution in [2.45, 2.75) is 11.8 Å². The Morgan fingerprint density at radius 1 is 1.41 bits per heavy atom. The van der Waals surface area contributed by atoms with Crippen LogP contribution in [0.15, 0.2) is 28.7 Å². The molecule has 0 aromatic heterocycles. The van der Waals surface area contributed by atoms with Gasteiger partial charge in [0.25, 0.3) is 0 Å². The second-order valence-electron chi connectivity index (χ2n) is 3.43. The van der Waals surface area contributed by atoms with E-state index in [4.69, 9.17) is 5.11 Å². The minimum atomic E-state index is -1.00. The van der Waals surface area contributed by atoms with Crippen LogP contribution in [0.2, 0.25) is 0 Å². The Labute approximate surface area is 116 Å². The van der Waals surface area contributed by atoms with Crippen molar-refractivity contribution >= 4 is 49.7 Å². The molecule has 0 saturated heterocycles. The Morgan fingerprint density at radius 3 is 2.59 bits per heavy atom. The molecule has 17 heavy (non-hydrogen) atoms. The van der Waals surface area contributed by atoms with Gasteiger partial charge in [-0.25, -0.2) is 4.79 Å². The molecule has 1 aromatic rings. The van der Waals surface area contributed by atoms with Crippen molar-refractivity contribution in [3.05, 3.63) is 39.9 Å². The fourth-order valence-electron chi connectivity index (χ4n) is 1.25. The van der Waals surface area contributed by atoms with Gasteiger partial charge in [-0.15, -0.1) is 0 Å². The van der Waals surface area contributed by atoms with Gasteiger partial charge < -0.3 is 5.11 Å². The molecule has 90 valence electrons. The van der Waals surface area contributed by atoms with Gasteiger partial charge in [0.05, 0.1) is 4.83 Å². The Morgan fingerprint density at radius 2 is 2.06 bits per heavy atom. The lowest BCUT2D eigenvalue weighted by Gasteiger charge is -2.09. The van der Waals surface area contributed by atoms with Crippen molar-refractivity contribution in [1.29, 1.82) is 0 Å². The van der Waals surface area contributed by atoms with Gasteiger partial charge in [0.15, 0.2) is 0 Å². The van der Waals surface area contributed by atoms with Gasteiger partial charge in [0, 0.05) is 10.5 Å². The zero-order valence-electron chi connectivity index (χ0n) is 8.98. The molecule has 0 amide bonds. The van der Waals surface area contributed by atoms with E-state index in [2.05, 4.69) is 31.9 Å². The second-order valence-corrected chi connectivity index (χ2v) is 5.20. The Hall–Kier alpha value is -0.940. The standard InChI is InChI=1S/C12H10Br2O3/c1-7(15)12(14)9-6-8(2-4-10(9)13)3-5-11(16)17/h2-6,12H,1H3,(H,16,17)/b5-3+. The fraction of sp³-hybridized carbons (Fsp3) is 0.167. The third-order valence-electron chi connectivity index (χ3n) is 2.07. The van der Waals surface area contributed by atoms with Crippen LogP contribution in [0.3, 0.4) is 0 Å². The maximum atomic E-state index is 11.3. The summed E-state index contributed by atoms with van der Waals surface area (Å²) in [6, 6.07) is 5.32. The molecule has 0 heterocycles. The molecule has 3 nitrogen and oxygen atoms in total. The number of carbonyl (C=O) groups is 2. The zero-order chi connectivity index (χ0) is 13.0. The highest BCUT2D eigenvalue weighted by atomic mass is 79.9. The lowest BCUT2D eigenvalue weighted by Crippen LogP contribution is -2.02. The van der Waals surface area contributed by atoms with E-state index in [1.54, 1.807) is 18.2 Å². The highest BCUT2D eigenvalue weighted by molar-refractivity contribution is 9.11. The molecule has 1 N–H and O–H groups in total.